The first-order chi connectivity index (χ1) is 11.5. The predicted molar refractivity (Wildman–Crippen MR) is 100 cm³/mol. The minimum Gasteiger partial charge on any atom is -0.368 e. The number of non-ortho nitro benzene ring substituents is 1. The van der Waals surface area contributed by atoms with E-state index in [4.69, 9.17) is 23.8 Å². The van der Waals surface area contributed by atoms with Gasteiger partial charge in [0.05, 0.1) is 4.92 Å². The van der Waals surface area contributed by atoms with Crippen LogP contribution in [0.15, 0.2) is 48.5 Å². The summed E-state index contributed by atoms with van der Waals surface area (Å²) < 4.78 is 0. The lowest BCUT2D eigenvalue weighted by Crippen LogP contribution is -2.48. The molecular weight excluding hydrogens is 346 g/mol. The summed E-state index contributed by atoms with van der Waals surface area (Å²) in [5.41, 5.74) is 2.11. The van der Waals surface area contributed by atoms with Crippen molar-refractivity contribution in [2.45, 2.75) is 0 Å². The number of nitro groups is 1. The Bertz CT molecular complexity index is 741. The highest BCUT2D eigenvalue weighted by molar-refractivity contribution is 7.80. The van der Waals surface area contributed by atoms with Crippen LogP contribution in [0.5, 0.6) is 0 Å². The molecule has 0 N–H and O–H groups in total. The Labute approximate surface area is 150 Å². The number of hydrogen-bond donors (Lipinski definition) is 0. The van der Waals surface area contributed by atoms with E-state index in [1.807, 2.05) is 24.3 Å². The van der Waals surface area contributed by atoms with E-state index in [9.17, 15) is 10.1 Å². The van der Waals surface area contributed by atoms with Gasteiger partial charge in [-0.1, -0.05) is 36.0 Å². The van der Waals surface area contributed by atoms with Crippen molar-refractivity contribution in [3.63, 3.8) is 0 Å². The molecule has 3 rings (SSSR count). The fourth-order valence-electron chi connectivity index (χ4n) is 2.73. The third-order valence-electron chi connectivity index (χ3n) is 4.08. The Hall–Kier alpha value is -2.18. The van der Waals surface area contributed by atoms with Crippen molar-refractivity contribution in [2.24, 2.45) is 0 Å². The molecule has 7 heteroatoms. The Morgan fingerprint density at radius 3 is 2.12 bits per heavy atom. The minimum absolute atomic E-state index is 0.112. The van der Waals surface area contributed by atoms with Crippen LogP contribution in [-0.4, -0.2) is 41.0 Å². The van der Waals surface area contributed by atoms with E-state index in [-0.39, 0.29) is 10.6 Å². The van der Waals surface area contributed by atoms with Gasteiger partial charge in [-0.2, -0.15) is 0 Å². The van der Waals surface area contributed by atoms with Gasteiger partial charge in [0.15, 0.2) is 0 Å². The second-order valence-corrected chi connectivity index (χ2v) is 6.38. The number of nitro benzene ring substituents is 1. The van der Waals surface area contributed by atoms with E-state index < -0.39 is 0 Å². The maximum absolute atomic E-state index is 10.7. The topological polar surface area (TPSA) is 49.6 Å². The molecule has 1 heterocycles. The SMILES string of the molecule is O=[N+]([O-])c1ccc(N2CCN(C(=S)c3ccc(Cl)cc3)CC2)cc1. The second kappa shape index (κ2) is 7.15. The van der Waals surface area contributed by atoms with Gasteiger partial charge in [0, 0.05) is 54.6 Å². The normalized spacial score (nSPS) is 14.5. The fraction of sp³-hybridized carbons (Fsp3) is 0.235. The van der Waals surface area contributed by atoms with Crippen molar-refractivity contribution in [1.82, 2.24) is 4.90 Å². The monoisotopic (exact) mass is 361 g/mol. The van der Waals surface area contributed by atoms with Crippen LogP contribution in [0.1, 0.15) is 5.56 Å². The van der Waals surface area contributed by atoms with E-state index in [0.29, 0.717) is 5.02 Å². The summed E-state index contributed by atoms with van der Waals surface area (Å²) in [5.74, 6) is 0. The summed E-state index contributed by atoms with van der Waals surface area (Å²) in [6.07, 6.45) is 0. The number of benzene rings is 2. The van der Waals surface area contributed by atoms with Crippen molar-refractivity contribution in [1.29, 1.82) is 0 Å². The Kier molecular flexibility index (Phi) is 4.97. The third-order valence-corrected chi connectivity index (χ3v) is 4.83. The Morgan fingerprint density at radius 2 is 1.58 bits per heavy atom. The Balaban J connectivity index is 1.62. The number of hydrogen-bond acceptors (Lipinski definition) is 4. The van der Waals surface area contributed by atoms with E-state index in [0.717, 1.165) is 42.4 Å². The minimum atomic E-state index is -0.383. The van der Waals surface area contributed by atoms with Crippen molar-refractivity contribution in [3.05, 3.63) is 69.2 Å². The van der Waals surface area contributed by atoms with E-state index in [1.165, 1.54) is 0 Å². The van der Waals surface area contributed by atoms with Gasteiger partial charge in [0.25, 0.3) is 5.69 Å². The van der Waals surface area contributed by atoms with Gasteiger partial charge < -0.3 is 9.80 Å². The van der Waals surface area contributed by atoms with Crippen molar-refractivity contribution >= 4 is 40.2 Å². The lowest BCUT2D eigenvalue weighted by atomic mass is 10.2. The molecule has 5 nitrogen and oxygen atoms in total. The summed E-state index contributed by atoms with van der Waals surface area (Å²) in [4.78, 5) is 15.6. The van der Waals surface area contributed by atoms with Crippen LogP contribution in [0.3, 0.4) is 0 Å². The number of rotatable bonds is 3. The first-order valence-electron chi connectivity index (χ1n) is 7.59. The quantitative estimate of drug-likeness (QED) is 0.473. The van der Waals surface area contributed by atoms with Gasteiger partial charge in [0.1, 0.15) is 4.99 Å². The molecule has 1 saturated heterocycles. The Morgan fingerprint density at radius 1 is 1.00 bits per heavy atom. The molecule has 0 atom stereocenters. The molecule has 2 aromatic carbocycles. The lowest BCUT2D eigenvalue weighted by Gasteiger charge is -2.37. The molecule has 124 valence electrons. The first kappa shape index (κ1) is 16.7. The standard InChI is InChI=1S/C17H16ClN3O2S/c18-14-3-1-13(2-4-14)17(24)20-11-9-19(10-12-20)15-5-7-16(8-6-15)21(22)23/h1-8H,9-12H2. The highest BCUT2D eigenvalue weighted by atomic mass is 35.5. The van der Waals surface area contributed by atoms with Gasteiger partial charge in [-0.3, -0.25) is 10.1 Å². The average molecular weight is 362 g/mol. The van der Waals surface area contributed by atoms with Crippen LogP contribution in [-0.2, 0) is 0 Å². The van der Waals surface area contributed by atoms with Crippen LogP contribution in [0.4, 0.5) is 11.4 Å². The number of halogens is 1. The molecule has 2 aromatic rings. The van der Waals surface area contributed by atoms with Gasteiger partial charge in [-0.15, -0.1) is 0 Å². The molecule has 1 aliphatic rings. The summed E-state index contributed by atoms with van der Waals surface area (Å²) in [5, 5.41) is 11.4. The maximum atomic E-state index is 10.7. The number of anilines is 1. The van der Waals surface area contributed by atoms with E-state index >= 15 is 0 Å². The molecular formula is C17H16ClN3O2S. The maximum Gasteiger partial charge on any atom is 0.269 e. The molecule has 0 bridgehead atoms. The van der Waals surface area contributed by atoms with E-state index in [1.54, 1.807) is 24.3 Å². The van der Waals surface area contributed by atoms with Crippen LogP contribution in [0.2, 0.25) is 5.02 Å². The number of nitrogens with zero attached hydrogens (tertiary/aromatic N) is 3. The third kappa shape index (κ3) is 3.66. The van der Waals surface area contributed by atoms with Crippen molar-refractivity contribution in [3.8, 4) is 0 Å². The first-order valence-corrected chi connectivity index (χ1v) is 8.37. The van der Waals surface area contributed by atoms with Gasteiger partial charge >= 0.3 is 0 Å². The molecule has 0 radical (unpaired) electrons. The van der Waals surface area contributed by atoms with Crippen molar-refractivity contribution in [2.75, 3.05) is 31.1 Å². The molecule has 0 saturated carbocycles. The highest BCUT2D eigenvalue weighted by Gasteiger charge is 2.20. The van der Waals surface area contributed by atoms with Gasteiger partial charge in [-0.25, -0.2) is 0 Å². The molecule has 0 spiro atoms. The molecule has 0 unspecified atom stereocenters. The van der Waals surface area contributed by atoms with Crippen LogP contribution in [0.25, 0.3) is 0 Å². The fourth-order valence-corrected chi connectivity index (χ4v) is 3.17. The number of piperazine rings is 1. The molecule has 0 aromatic heterocycles. The second-order valence-electron chi connectivity index (χ2n) is 5.56. The largest absolute Gasteiger partial charge is 0.368 e. The van der Waals surface area contributed by atoms with Crippen LogP contribution >= 0.6 is 23.8 Å². The zero-order valence-corrected chi connectivity index (χ0v) is 14.5. The zero-order valence-electron chi connectivity index (χ0n) is 12.9. The zero-order chi connectivity index (χ0) is 17.1. The highest BCUT2D eigenvalue weighted by Crippen LogP contribution is 2.21. The molecule has 0 aliphatic carbocycles. The summed E-state index contributed by atoms with van der Waals surface area (Å²) >= 11 is 11.5. The summed E-state index contributed by atoms with van der Waals surface area (Å²) in [6.45, 7) is 3.29. The van der Waals surface area contributed by atoms with Crippen molar-refractivity contribution < 1.29 is 4.92 Å². The number of thiocarbonyl (C=S) groups is 1. The van der Waals surface area contributed by atoms with Crippen LogP contribution in [0, 0.1) is 10.1 Å². The molecule has 0 amide bonds. The molecule has 1 fully saturated rings. The van der Waals surface area contributed by atoms with Gasteiger partial charge in [-0.05, 0) is 24.3 Å². The molecule has 24 heavy (non-hydrogen) atoms. The van der Waals surface area contributed by atoms with E-state index in [2.05, 4.69) is 9.80 Å². The van der Waals surface area contributed by atoms with Crippen LogP contribution < -0.4 is 4.90 Å². The smallest absolute Gasteiger partial charge is 0.269 e. The molecule has 1 aliphatic heterocycles. The predicted octanol–water partition coefficient (Wildman–Crippen LogP) is 3.75. The summed E-state index contributed by atoms with van der Waals surface area (Å²) in [6, 6.07) is 14.2. The van der Waals surface area contributed by atoms with Gasteiger partial charge in [0.2, 0.25) is 0 Å². The lowest BCUT2D eigenvalue weighted by molar-refractivity contribution is -0.384. The summed E-state index contributed by atoms with van der Waals surface area (Å²) in [7, 11) is 0. The average Bonchev–Trinajstić information content (AvgIpc) is 2.62.